The molecule has 1 aromatic carbocycles. The van der Waals surface area contributed by atoms with Crippen LogP contribution in [0.3, 0.4) is 0 Å². The highest BCUT2D eigenvalue weighted by Crippen LogP contribution is 2.21. The van der Waals surface area contributed by atoms with Crippen LogP contribution in [0.5, 0.6) is 0 Å². The van der Waals surface area contributed by atoms with Crippen LogP contribution in [0, 0.1) is 34.4 Å². The molecular weight excluding hydrogens is 317 g/mol. The number of anilines is 1. The Morgan fingerprint density at radius 2 is 2.09 bits per heavy atom. The van der Waals surface area contributed by atoms with Gasteiger partial charge in [-0.05, 0) is 24.3 Å². The van der Waals surface area contributed by atoms with Crippen LogP contribution in [0.2, 0.25) is 0 Å². The van der Waals surface area contributed by atoms with E-state index in [-0.39, 0.29) is 35.0 Å². The van der Waals surface area contributed by atoms with Gasteiger partial charge in [-0.1, -0.05) is 6.92 Å². The summed E-state index contributed by atoms with van der Waals surface area (Å²) in [6.45, 7) is 1.74. The SMILES string of the molecule is CC(CSc1ccc(F)cc1)C(=O)Nc1nc(C#N)c(C#N)[nH]1. The summed E-state index contributed by atoms with van der Waals surface area (Å²) in [7, 11) is 0. The largest absolute Gasteiger partial charge is 0.314 e. The van der Waals surface area contributed by atoms with Crippen molar-refractivity contribution in [3.63, 3.8) is 0 Å². The summed E-state index contributed by atoms with van der Waals surface area (Å²) in [6.07, 6.45) is 0. The van der Waals surface area contributed by atoms with Crippen LogP contribution in [0.1, 0.15) is 18.3 Å². The lowest BCUT2D eigenvalue weighted by atomic mass is 10.2. The minimum Gasteiger partial charge on any atom is -0.314 e. The standard InChI is InChI=1S/C15H12FN5OS/c1-9(8-23-11-4-2-10(16)3-5-11)14(22)21-15-19-12(6-17)13(7-18)20-15/h2-5,9H,8H2,1H3,(H2,19,20,21,22). The Kier molecular flexibility index (Phi) is 5.34. The van der Waals surface area contributed by atoms with Crippen molar-refractivity contribution in [2.24, 2.45) is 5.92 Å². The first-order chi connectivity index (χ1) is 11.0. The smallest absolute Gasteiger partial charge is 0.230 e. The van der Waals surface area contributed by atoms with Crippen LogP contribution in [-0.2, 0) is 4.79 Å². The molecular formula is C15H12FN5OS. The number of thioether (sulfide) groups is 1. The van der Waals surface area contributed by atoms with E-state index in [0.717, 1.165) is 4.90 Å². The van der Waals surface area contributed by atoms with Gasteiger partial charge in [-0.15, -0.1) is 11.8 Å². The van der Waals surface area contributed by atoms with Crippen molar-refractivity contribution in [2.45, 2.75) is 11.8 Å². The number of nitrogens with zero attached hydrogens (tertiary/aromatic N) is 3. The maximum absolute atomic E-state index is 12.8. The van der Waals surface area contributed by atoms with Crippen LogP contribution in [0.25, 0.3) is 0 Å². The molecule has 1 aromatic heterocycles. The molecule has 1 heterocycles. The number of hydrogen-bond donors (Lipinski definition) is 2. The van der Waals surface area contributed by atoms with Crippen molar-refractivity contribution in [3.05, 3.63) is 41.5 Å². The van der Waals surface area contributed by atoms with E-state index in [2.05, 4.69) is 15.3 Å². The first kappa shape index (κ1) is 16.5. The van der Waals surface area contributed by atoms with Crippen LogP contribution in [-0.4, -0.2) is 21.6 Å². The monoisotopic (exact) mass is 329 g/mol. The molecule has 1 amide bonds. The van der Waals surface area contributed by atoms with E-state index in [4.69, 9.17) is 10.5 Å². The molecule has 0 radical (unpaired) electrons. The quantitative estimate of drug-likeness (QED) is 0.820. The first-order valence-electron chi connectivity index (χ1n) is 6.63. The third-order valence-corrected chi connectivity index (χ3v) is 4.20. The molecule has 0 aliphatic heterocycles. The van der Waals surface area contributed by atoms with Crippen molar-refractivity contribution in [2.75, 3.05) is 11.1 Å². The van der Waals surface area contributed by atoms with Crippen LogP contribution >= 0.6 is 11.8 Å². The predicted octanol–water partition coefficient (Wildman–Crippen LogP) is 2.66. The number of imidazole rings is 1. The first-order valence-corrected chi connectivity index (χ1v) is 7.61. The number of halogens is 1. The second kappa shape index (κ2) is 7.43. The average Bonchev–Trinajstić information content (AvgIpc) is 2.95. The Morgan fingerprint density at radius 3 is 2.65 bits per heavy atom. The normalized spacial score (nSPS) is 11.3. The summed E-state index contributed by atoms with van der Waals surface area (Å²) in [4.78, 5) is 19.3. The van der Waals surface area contributed by atoms with Crippen molar-refractivity contribution in [1.82, 2.24) is 9.97 Å². The summed E-state index contributed by atoms with van der Waals surface area (Å²) in [5.74, 6) is -0.371. The molecule has 8 heteroatoms. The highest BCUT2D eigenvalue weighted by Gasteiger charge is 2.17. The molecule has 0 aliphatic rings. The van der Waals surface area contributed by atoms with Gasteiger partial charge in [0.05, 0.1) is 0 Å². The van der Waals surface area contributed by atoms with Crippen molar-refractivity contribution < 1.29 is 9.18 Å². The lowest BCUT2D eigenvalue weighted by molar-refractivity contribution is -0.118. The summed E-state index contributed by atoms with van der Waals surface area (Å²) < 4.78 is 12.8. The highest BCUT2D eigenvalue weighted by atomic mass is 32.2. The summed E-state index contributed by atoms with van der Waals surface area (Å²) in [6, 6.07) is 9.59. The minimum absolute atomic E-state index is 0.0103. The molecule has 0 saturated heterocycles. The fraction of sp³-hybridized carbons (Fsp3) is 0.200. The van der Waals surface area contributed by atoms with E-state index in [1.54, 1.807) is 31.2 Å². The Bertz CT molecular complexity index is 756. The molecule has 0 bridgehead atoms. The van der Waals surface area contributed by atoms with Crippen LogP contribution < -0.4 is 5.32 Å². The number of aromatic amines is 1. The van der Waals surface area contributed by atoms with Crippen molar-refractivity contribution in [3.8, 4) is 12.1 Å². The zero-order valence-corrected chi connectivity index (χ0v) is 12.9. The predicted molar refractivity (Wildman–Crippen MR) is 82.9 cm³/mol. The molecule has 1 unspecified atom stereocenters. The van der Waals surface area contributed by atoms with Gasteiger partial charge >= 0.3 is 0 Å². The average molecular weight is 329 g/mol. The molecule has 116 valence electrons. The van der Waals surface area contributed by atoms with Gasteiger partial charge in [-0.25, -0.2) is 9.37 Å². The molecule has 2 aromatic rings. The topological polar surface area (TPSA) is 105 Å². The van der Waals surface area contributed by atoms with E-state index in [0.29, 0.717) is 5.75 Å². The second-order valence-corrected chi connectivity index (χ2v) is 5.78. The molecule has 23 heavy (non-hydrogen) atoms. The number of carbonyl (C=O) groups excluding carboxylic acids is 1. The molecule has 0 spiro atoms. The Hall–Kier alpha value is -2.84. The van der Waals surface area contributed by atoms with Gasteiger partial charge in [0.25, 0.3) is 0 Å². The molecule has 0 aliphatic carbocycles. The minimum atomic E-state index is -0.341. The third-order valence-electron chi connectivity index (χ3n) is 2.92. The van der Waals surface area contributed by atoms with Gasteiger partial charge < -0.3 is 4.98 Å². The summed E-state index contributed by atoms with van der Waals surface area (Å²) in [5.41, 5.74) is -0.0488. The number of amides is 1. The van der Waals surface area contributed by atoms with Gasteiger partial charge in [0, 0.05) is 16.6 Å². The molecule has 6 nitrogen and oxygen atoms in total. The van der Waals surface area contributed by atoms with Gasteiger partial charge in [0.1, 0.15) is 18.0 Å². The maximum atomic E-state index is 12.8. The lowest BCUT2D eigenvalue weighted by Gasteiger charge is -2.10. The molecule has 0 saturated carbocycles. The fourth-order valence-electron chi connectivity index (χ4n) is 1.66. The number of H-pyrrole nitrogens is 1. The number of nitriles is 2. The zero-order valence-electron chi connectivity index (χ0n) is 12.1. The second-order valence-electron chi connectivity index (χ2n) is 4.69. The van der Waals surface area contributed by atoms with Gasteiger partial charge in [0.15, 0.2) is 11.4 Å². The van der Waals surface area contributed by atoms with Gasteiger partial charge in [0.2, 0.25) is 11.9 Å². The van der Waals surface area contributed by atoms with E-state index >= 15 is 0 Å². The van der Waals surface area contributed by atoms with Crippen molar-refractivity contribution in [1.29, 1.82) is 10.5 Å². The number of aromatic nitrogens is 2. The highest BCUT2D eigenvalue weighted by molar-refractivity contribution is 7.99. The van der Waals surface area contributed by atoms with E-state index in [9.17, 15) is 9.18 Å². The lowest BCUT2D eigenvalue weighted by Crippen LogP contribution is -2.22. The van der Waals surface area contributed by atoms with Crippen molar-refractivity contribution >= 4 is 23.6 Å². The van der Waals surface area contributed by atoms with E-state index in [1.807, 2.05) is 0 Å². The van der Waals surface area contributed by atoms with E-state index in [1.165, 1.54) is 23.9 Å². The number of hydrogen-bond acceptors (Lipinski definition) is 5. The number of nitrogens with one attached hydrogen (secondary N) is 2. The maximum Gasteiger partial charge on any atom is 0.230 e. The van der Waals surface area contributed by atoms with Crippen LogP contribution in [0.4, 0.5) is 10.3 Å². The Balaban J connectivity index is 1.92. The number of carbonyl (C=O) groups is 1. The summed E-state index contributed by atoms with van der Waals surface area (Å²) in [5, 5.41) is 20.2. The summed E-state index contributed by atoms with van der Waals surface area (Å²) >= 11 is 1.43. The number of benzene rings is 1. The Morgan fingerprint density at radius 1 is 1.39 bits per heavy atom. The Labute approximate surface area is 136 Å². The zero-order chi connectivity index (χ0) is 16.8. The van der Waals surface area contributed by atoms with Gasteiger partial charge in [-0.3, -0.25) is 10.1 Å². The fourth-order valence-corrected chi connectivity index (χ4v) is 2.58. The molecule has 2 rings (SSSR count). The van der Waals surface area contributed by atoms with E-state index < -0.39 is 0 Å². The molecule has 1 atom stereocenters. The van der Waals surface area contributed by atoms with Gasteiger partial charge in [-0.2, -0.15) is 10.5 Å². The number of rotatable bonds is 5. The molecule has 2 N–H and O–H groups in total. The molecule has 0 fully saturated rings. The third kappa shape index (κ3) is 4.31. The van der Waals surface area contributed by atoms with Crippen LogP contribution in [0.15, 0.2) is 29.2 Å².